The molecule has 6 heteroatoms. The fraction of sp³-hybridized carbons (Fsp3) is 0.536. The quantitative estimate of drug-likeness (QED) is 0.550. The van der Waals surface area contributed by atoms with Crippen molar-refractivity contribution < 1.29 is 19.4 Å². The lowest BCUT2D eigenvalue weighted by atomic mass is 9.94. The molecule has 0 unspecified atom stereocenters. The van der Waals surface area contributed by atoms with Crippen LogP contribution in [0.4, 0.5) is 4.79 Å². The van der Waals surface area contributed by atoms with Gasteiger partial charge in [-0.1, -0.05) is 66.8 Å². The Morgan fingerprint density at radius 3 is 2.32 bits per heavy atom. The summed E-state index contributed by atoms with van der Waals surface area (Å²) >= 11 is 0. The standard InChI is InChI=1S/C28H39NO4Si/c1-27(2)19-32-28(3,4)29(27)26(31)33-24-18-12-16-22(24)25(21-15-10-11-17-23(21)30)34(5,6)20-13-8-7-9-14-20/h7-11,13-15,17,22,24-25,30H,12,16,18-19H2,1-6H3/t22-,24-,25+/m0/s1. The molecule has 1 aliphatic carbocycles. The van der Waals surface area contributed by atoms with E-state index in [4.69, 9.17) is 9.47 Å². The van der Waals surface area contributed by atoms with Crippen LogP contribution in [0, 0.1) is 5.92 Å². The Morgan fingerprint density at radius 1 is 1.06 bits per heavy atom. The molecule has 1 saturated heterocycles. The monoisotopic (exact) mass is 481 g/mol. The predicted octanol–water partition coefficient (Wildman–Crippen LogP) is 5.78. The lowest BCUT2D eigenvalue weighted by Gasteiger charge is -2.41. The van der Waals surface area contributed by atoms with E-state index >= 15 is 0 Å². The molecule has 0 spiro atoms. The molecule has 0 aromatic heterocycles. The SMILES string of the molecule is CC1(C)COC(C)(C)N1C(=O)O[C@H]1CCC[C@@H]1[C@@H](c1ccccc1O)[Si](C)(C)c1ccccc1. The predicted molar refractivity (Wildman–Crippen MR) is 138 cm³/mol. The van der Waals surface area contributed by atoms with Crippen molar-refractivity contribution in [1.29, 1.82) is 0 Å². The number of carbonyl (C=O) groups excluding carboxylic acids is 1. The summed E-state index contributed by atoms with van der Waals surface area (Å²) in [6, 6.07) is 18.4. The first-order chi connectivity index (χ1) is 15.9. The van der Waals surface area contributed by atoms with Crippen molar-refractivity contribution in [2.24, 2.45) is 5.92 Å². The number of hydrogen-bond acceptors (Lipinski definition) is 4. The summed E-state index contributed by atoms with van der Waals surface area (Å²) in [7, 11) is -2.12. The zero-order valence-corrected chi connectivity index (χ0v) is 22.4. The average molecular weight is 482 g/mol. The van der Waals surface area contributed by atoms with E-state index in [2.05, 4.69) is 43.4 Å². The van der Waals surface area contributed by atoms with Crippen LogP contribution < -0.4 is 5.19 Å². The molecule has 184 valence electrons. The van der Waals surface area contributed by atoms with Crippen LogP contribution in [-0.2, 0) is 9.47 Å². The van der Waals surface area contributed by atoms with Gasteiger partial charge in [0.25, 0.3) is 0 Å². The summed E-state index contributed by atoms with van der Waals surface area (Å²) in [5.41, 5.74) is -0.0402. The van der Waals surface area contributed by atoms with E-state index in [1.165, 1.54) is 5.19 Å². The first kappa shape index (κ1) is 24.8. The molecule has 1 amide bonds. The molecule has 1 N–H and O–H groups in total. The fourth-order valence-corrected chi connectivity index (χ4v) is 10.2. The normalized spacial score (nSPS) is 24.7. The number of amides is 1. The Morgan fingerprint density at radius 2 is 1.71 bits per heavy atom. The van der Waals surface area contributed by atoms with Crippen LogP contribution >= 0.6 is 0 Å². The molecule has 3 atom stereocenters. The van der Waals surface area contributed by atoms with Crippen LogP contribution in [0.5, 0.6) is 5.75 Å². The first-order valence-corrected chi connectivity index (χ1v) is 15.5. The minimum absolute atomic E-state index is 0.118. The maximum Gasteiger partial charge on any atom is 0.412 e. The third-order valence-electron chi connectivity index (χ3n) is 7.86. The van der Waals surface area contributed by atoms with Crippen LogP contribution in [0.1, 0.15) is 58.1 Å². The minimum Gasteiger partial charge on any atom is -0.508 e. The van der Waals surface area contributed by atoms with Crippen molar-refractivity contribution >= 4 is 19.4 Å². The van der Waals surface area contributed by atoms with Gasteiger partial charge in [-0.3, -0.25) is 4.90 Å². The van der Waals surface area contributed by atoms with Crippen LogP contribution in [0.25, 0.3) is 0 Å². The maximum absolute atomic E-state index is 13.5. The van der Waals surface area contributed by atoms with Crippen molar-refractivity contribution in [2.45, 2.75) is 83.0 Å². The largest absolute Gasteiger partial charge is 0.508 e. The molecule has 0 radical (unpaired) electrons. The van der Waals surface area contributed by atoms with Crippen molar-refractivity contribution in [2.75, 3.05) is 6.61 Å². The molecule has 2 fully saturated rings. The first-order valence-electron chi connectivity index (χ1n) is 12.4. The van der Waals surface area contributed by atoms with E-state index in [1.54, 1.807) is 11.0 Å². The van der Waals surface area contributed by atoms with E-state index in [9.17, 15) is 9.90 Å². The molecule has 34 heavy (non-hydrogen) atoms. The van der Waals surface area contributed by atoms with E-state index < -0.39 is 19.3 Å². The van der Waals surface area contributed by atoms with Gasteiger partial charge in [-0.15, -0.1) is 0 Å². The van der Waals surface area contributed by atoms with Crippen LogP contribution in [-0.4, -0.2) is 48.1 Å². The van der Waals surface area contributed by atoms with Crippen molar-refractivity contribution in [3.63, 3.8) is 0 Å². The van der Waals surface area contributed by atoms with Gasteiger partial charge in [-0.25, -0.2) is 4.79 Å². The van der Waals surface area contributed by atoms with Gasteiger partial charge in [0.05, 0.1) is 20.2 Å². The number of rotatable bonds is 5. The Hall–Kier alpha value is -2.31. The Balaban J connectivity index is 1.69. The van der Waals surface area contributed by atoms with Crippen molar-refractivity contribution in [1.82, 2.24) is 4.90 Å². The molecular weight excluding hydrogens is 442 g/mol. The number of nitrogens with zero attached hydrogens (tertiary/aromatic N) is 1. The summed E-state index contributed by atoms with van der Waals surface area (Å²) in [4.78, 5) is 15.3. The van der Waals surface area contributed by atoms with Gasteiger partial charge < -0.3 is 14.6 Å². The fourth-order valence-electron chi connectivity index (χ4n) is 6.30. The number of benzene rings is 2. The number of aromatic hydroxyl groups is 1. The van der Waals surface area contributed by atoms with Crippen LogP contribution in [0.15, 0.2) is 54.6 Å². The van der Waals surface area contributed by atoms with Gasteiger partial charge in [0.15, 0.2) is 0 Å². The third-order valence-corrected chi connectivity index (χ3v) is 12.0. The summed E-state index contributed by atoms with van der Waals surface area (Å²) in [6.45, 7) is 13.1. The summed E-state index contributed by atoms with van der Waals surface area (Å²) in [6.07, 6.45) is 2.33. The van der Waals surface area contributed by atoms with Crippen molar-refractivity contribution in [3.8, 4) is 5.75 Å². The lowest BCUT2D eigenvalue weighted by Crippen LogP contribution is -2.55. The summed E-state index contributed by atoms with van der Waals surface area (Å²) in [5.74, 6) is 0.477. The second-order valence-corrected chi connectivity index (χ2v) is 16.2. The molecule has 0 bridgehead atoms. The van der Waals surface area contributed by atoms with E-state index in [-0.39, 0.29) is 23.7 Å². The minimum atomic E-state index is -2.12. The van der Waals surface area contributed by atoms with Gasteiger partial charge in [-0.2, -0.15) is 0 Å². The van der Waals surface area contributed by atoms with Gasteiger partial charge in [0.2, 0.25) is 0 Å². The summed E-state index contributed by atoms with van der Waals surface area (Å²) in [5, 5.41) is 12.3. The highest BCUT2D eigenvalue weighted by Gasteiger charge is 2.52. The van der Waals surface area contributed by atoms with Crippen LogP contribution in [0.2, 0.25) is 13.1 Å². The van der Waals surface area contributed by atoms with E-state index in [0.717, 1.165) is 24.8 Å². The zero-order chi connectivity index (χ0) is 24.7. The molecule has 2 aromatic rings. The topological polar surface area (TPSA) is 59.0 Å². The highest BCUT2D eigenvalue weighted by atomic mass is 28.3. The van der Waals surface area contributed by atoms with Crippen LogP contribution in [0.3, 0.4) is 0 Å². The molecular formula is C28H39NO4Si. The Kier molecular flexibility index (Phi) is 6.60. The second kappa shape index (κ2) is 9.04. The second-order valence-electron chi connectivity index (χ2n) is 11.5. The molecule has 2 aromatic carbocycles. The van der Waals surface area contributed by atoms with E-state index in [1.807, 2.05) is 45.9 Å². The molecule has 5 nitrogen and oxygen atoms in total. The number of phenols is 1. The third kappa shape index (κ3) is 4.50. The van der Waals surface area contributed by atoms with E-state index in [0.29, 0.717) is 12.4 Å². The molecule has 4 rings (SSSR count). The highest BCUT2D eigenvalue weighted by molar-refractivity contribution is 6.91. The van der Waals surface area contributed by atoms with Crippen molar-refractivity contribution in [3.05, 3.63) is 60.2 Å². The Bertz CT molecular complexity index is 1000. The highest BCUT2D eigenvalue weighted by Crippen LogP contribution is 2.47. The Labute approximate surface area is 205 Å². The van der Waals surface area contributed by atoms with Gasteiger partial charge in [0.1, 0.15) is 17.6 Å². The molecule has 1 saturated carbocycles. The summed E-state index contributed by atoms with van der Waals surface area (Å²) < 4.78 is 12.2. The molecule has 2 aliphatic rings. The average Bonchev–Trinajstić information content (AvgIpc) is 3.30. The molecule has 1 heterocycles. The number of hydrogen-bond donors (Lipinski definition) is 1. The van der Waals surface area contributed by atoms with Gasteiger partial charge >= 0.3 is 6.09 Å². The number of carbonyl (C=O) groups is 1. The number of ether oxygens (including phenoxy) is 2. The lowest BCUT2D eigenvalue weighted by molar-refractivity contribution is -0.0614. The zero-order valence-electron chi connectivity index (χ0n) is 21.4. The number of para-hydroxylation sites is 1. The van der Waals surface area contributed by atoms with Gasteiger partial charge in [0, 0.05) is 5.92 Å². The molecule has 1 aliphatic heterocycles. The maximum atomic E-state index is 13.5. The smallest absolute Gasteiger partial charge is 0.412 e. The van der Waals surface area contributed by atoms with Gasteiger partial charge in [-0.05, 0) is 64.1 Å². The number of phenolic OH excluding ortho intramolecular Hbond substituents is 1.